The van der Waals surface area contributed by atoms with Crippen molar-refractivity contribution in [2.24, 2.45) is 5.41 Å². The topological polar surface area (TPSA) is 95.9 Å². The van der Waals surface area contributed by atoms with Crippen molar-refractivity contribution >= 4 is 18.0 Å². The third kappa shape index (κ3) is 3.54. The molecule has 0 aromatic heterocycles. The minimum absolute atomic E-state index is 0.0676. The molecule has 0 spiro atoms. The Morgan fingerprint density at radius 3 is 2.12 bits per heavy atom. The number of hydrogen-bond donors (Lipinski definition) is 2. The van der Waals surface area contributed by atoms with Crippen molar-refractivity contribution in [3.8, 4) is 11.1 Å². The second-order valence-electron chi connectivity index (χ2n) is 10.4. The van der Waals surface area contributed by atoms with Gasteiger partial charge in [0, 0.05) is 12.5 Å². The second kappa shape index (κ2) is 8.15. The number of aliphatic carboxylic acids is 1. The van der Waals surface area contributed by atoms with Crippen molar-refractivity contribution < 1.29 is 24.2 Å². The fraction of sp³-hybridized carbons (Fsp3) is 0.444. The molecule has 0 radical (unpaired) electrons. The van der Waals surface area contributed by atoms with Crippen LogP contribution in [0.1, 0.15) is 56.6 Å². The summed E-state index contributed by atoms with van der Waals surface area (Å²) in [6.45, 7) is 4.27. The number of nitrogens with one attached hydrogen (secondary N) is 1. The van der Waals surface area contributed by atoms with Gasteiger partial charge in [-0.1, -0.05) is 62.4 Å². The Kier molecular flexibility index (Phi) is 5.38. The summed E-state index contributed by atoms with van der Waals surface area (Å²) in [5, 5.41) is 12.6. The van der Waals surface area contributed by atoms with Gasteiger partial charge in [-0.2, -0.15) is 0 Å². The Balaban J connectivity index is 1.29. The molecule has 1 heterocycles. The molecule has 1 atom stereocenters. The Bertz CT molecular complexity index is 1110. The van der Waals surface area contributed by atoms with Gasteiger partial charge in [0.05, 0.1) is 0 Å². The SMILES string of the molecule is CC1(C)CCN(C(=O)C2(NC(=O)OCC3c4ccccc4-c4ccccc43)CCC2)C1C(=O)O. The molecule has 1 aliphatic heterocycles. The molecular formula is C27H30N2O5. The maximum absolute atomic E-state index is 13.5. The van der Waals surface area contributed by atoms with Crippen molar-refractivity contribution in [1.82, 2.24) is 10.2 Å². The van der Waals surface area contributed by atoms with E-state index in [-0.39, 0.29) is 18.4 Å². The lowest BCUT2D eigenvalue weighted by atomic mass is 9.75. The van der Waals surface area contributed by atoms with E-state index in [1.807, 2.05) is 38.1 Å². The number of carboxylic acid groups (broad SMARTS) is 1. The van der Waals surface area contributed by atoms with Gasteiger partial charge in [0.2, 0.25) is 5.91 Å². The number of fused-ring (bicyclic) bond motifs is 3. The average Bonchev–Trinajstić information content (AvgIpc) is 3.28. The molecule has 1 saturated heterocycles. The molecule has 2 amide bonds. The van der Waals surface area contributed by atoms with Crippen molar-refractivity contribution in [3.05, 3.63) is 59.7 Å². The highest BCUT2D eigenvalue weighted by atomic mass is 16.5. The lowest BCUT2D eigenvalue weighted by molar-refractivity contribution is -0.155. The predicted octanol–water partition coefficient (Wildman–Crippen LogP) is 4.16. The molecule has 1 unspecified atom stereocenters. The van der Waals surface area contributed by atoms with Gasteiger partial charge >= 0.3 is 12.1 Å². The van der Waals surface area contributed by atoms with Crippen molar-refractivity contribution in [1.29, 1.82) is 0 Å². The van der Waals surface area contributed by atoms with Crippen molar-refractivity contribution in [2.45, 2.75) is 57.0 Å². The smallest absolute Gasteiger partial charge is 0.408 e. The van der Waals surface area contributed by atoms with Gasteiger partial charge in [0.1, 0.15) is 18.2 Å². The lowest BCUT2D eigenvalue weighted by Crippen LogP contribution is -2.65. The zero-order valence-electron chi connectivity index (χ0n) is 19.5. The molecule has 7 heteroatoms. The largest absolute Gasteiger partial charge is 0.480 e. The van der Waals surface area contributed by atoms with E-state index in [9.17, 15) is 19.5 Å². The normalized spacial score (nSPS) is 21.8. The molecule has 34 heavy (non-hydrogen) atoms. The molecule has 5 rings (SSSR count). The Morgan fingerprint density at radius 1 is 1.00 bits per heavy atom. The van der Waals surface area contributed by atoms with Crippen LogP contribution in [0.15, 0.2) is 48.5 Å². The molecule has 2 fully saturated rings. The molecule has 1 saturated carbocycles. The van der Waals surface area contributed by atoms with E-state index in [0.717, 1.165) is 28.7 Å². The first-order chi connectivity index (χ1) is 16.2. The number of carboxylic acids is 1. The molecule has 178 valence electrons. The Labute approximate surface area is 199 Å². The number of nitrogens with zero attached hydrogens (tertiary/aromatic N) is 1. The third-order valence-corrected chi connectivity index (χ3v) is 7.85. The van der Waals surface area contributed by atoms with Crippen LogP contribution in [-0.2, 0) is 14.3 Å². The van der Waals surface area contributed by atoms with E-state index in [1.54, 1.807) is 0 Å². The molecule has 7 nitrogen and oxygen atoms in total. The van der Waals surface area contributed by atoms with Gasteiger partial charge < -0.3 is 20.1 Å². The Morgan fingerprint density at radius 2 is 1.59 bits per heavy atom. The standard InChI is InChI=1S/C27H30N2O5/c1-26(2)14-15-29(22(26)23(30)31)24(32)27(12-7-13-27)28-25(33)34-16-21-19-10-5-3-8-17(19)18-9-4-6-11-20(18)21/h3-6,8-11,21-22H,7,12-16H2,1-2H3,(H,28,33)(H,30,31). The monoisotopic (exact) mass is 462 g/mol. The minimum Gasteiger partial charge on any atom is -0.480 e. The fourth-order valence-electron chi connectivity index (χ4n) is 5.81. The van der Waals surface area contributed by atoms with Crippen LogP contribution in [0, 0.1) is 5.41 Å². The number of benzene rings is 2. The van der Waals surface area contributed by atoms with Crippen LogP contribution in [-0.4, -0.2) is 52.7 Å². The second-order valence-corrected chi connectivity index (χ2v) is 10.4. The van der Waals surface area contributed by atoms with Crippen LogP contribution in [0.3, 0.4) is 0 Å². The molecule has 2 N–H and O–H groups in total. The van der Waals surface area contributed by atoms with Gasteiger partial charge in [-0.05, 0) is 53.4 Å². The molecule has 0 bridgehead atoms. The summed E-state index contributed by atoms with van der Waals surface area (Å²) in [6, 6.07) is 15.3. The lowest BCUT2D eigenvalue weighted by Gasteiger charge is -2.44. The van der Waals surface area contributed by atoms with Crippen LogP contribution >= 0.6 is 0 Å². The van der Waals surface area contributed by atoms with Gasteiger partial charge in [-0.25, -0.2) is 9.59 Å². The highest BCUT2D eigenvalue weighted by Crippen LogP contribution is 2.45. The van der Waals surface area contributed by atoms with Crippen LogP contribution < -0.4 is 5.32 Å². The number of ether oxygens (including phenoxy) is 1. The zero-order valence-corrected chi connectivity index (χ0v) is 19.5. The summed E-state index contributed by atoms with van der Waals surface area (Å²) < 4.78 is 5.66. The number of likely N-dealkylation sites (tertiary alicyclic amines) is 1. The number of carbonyl (C=O) groups excluding carboxylic acids is 2. The van der Waals surface area contributed by atoms with Crippen LogP contribution in [0.25, 0.3) is 11.1 Å². The maximum Gasteiger partial charge on any atom is 0.408 e. The Hall–Kier alpha value is -3.35. The highest BCUT2D eigenvalue weighted by molar-refractivity contribution is 5.94. The molecule has 2 aromatic rings. The number of amides is 2. The van der Waals surface area contributed by atoms with Gasteiger partial charge in [0.15, 0.2) is 0 Å². The molecular weight excluding hydrogens is 432 g/mol. The average molecular weight is 463 g/mol. The summed E-state index contributed by atoms with van der Waals surface area (Å²) in [6.07, 6.45) is 1.74. The van der Waals surface area contributed by atoms with E-state index < -0.39 is 29.1 Å². The molecule has 3 aliphatic rings. The quantitative estimate of drug-likeness (QED) is 0.696. The summed E-state index contributed by atoms with van der Waals surface area (Å²) >= 11 is 0. The van der Waals surface area contributed by atoms with Crippen LogP contribution in [0.4, 0.5) is 4.79 Å². The first-order valence-electron chi connectivity index (χ1n) is 11.9. The van der Waals surface area contributed by atoms with Gasteiger partial charge in [-0.3, -0.25) is 4.79 Å². The summed E-state index contributed by atoms with van der Waals surface area (Å²) in [7, 11) is 0. The molecule has 2 aliphatic carbocycles. The van der Waals surface area contributed by atoms with E-state index >= 15 is 0 Å². The van der Waals surface area contributed by atoms with Crippen LogP contribution in [0.2, 0.25) is 0 Å². The van der Waals surface area contributed by atoms with E-state index in [1.165, 1.54) is 4.90 Å². The van der Waals surface area contributed by atoms with E-state index in [2.05, 4.69) is 29.6 Å². The first kappa shape index (κ1) is 22.4. The number of alkyl carbamates (subject to hydrolysis) is 1. The van der Waals surface area contributed by atoms with E-state index in [0.29, 0.717) is 25.8 Å². The van der Waals surface area contributed by atoms with Crippen molar-refractivity contribution in [3.63, 3.8) is 0 Å². The highest BCUT2D eigenvalue weighted by Gasteiger charge is 2.55. The zero-order chi connectivity index (χ0) is 24.1. The van der Waals surface area contributed by atoms with Crippen molar-refractivity contribution in [2.75, 3.05) is 13.2 Å². The van der Waals surface area contributed by atoms with Gasteiger partial charge in [0.25, 0.3) is 0 Å². The van der Waals surface area contributed by atoms with Crippen LogP contribution in [0.5, 0.6) is 0 Å². The van der Waals surface area contributed by atoms with Gasteiger partial charge in [-0.15, -0.1) is 0 Å². The maximum atomic E-state index is 13.5. The molecule has 2 aromatic carbocycles. The summed E-state index contributed by atoms with van der Waals surface area (Å²) in [5.41, 5.74) is 2.93. The van der Waals surface area contributed by atoms with E-state index in [4.69, 9.17) is 4.74 Å². The first-order valence-corrected chi connectivity index (χ1v) is 11.9. The summed E-state index contributed by atoms with van der Waals surface area (Å²) in [4.78, 5) is 39.7. The minimum atomic E-state index is -1.09. The number of carbonyl (C=O) groups is 3. The number of hydrogen-bond acceptors (Lipinski definition) is 4. The fourth-order valence-corrected chi connectivity index (χ4v) is 5.81. The summed E-state index contributed by atoms with van der Waals surface area (Å²) in [5.74, 6) is -1.39. The third-order valence-electron chi connectivity index (χ3n) is 7.85. The number of rotatable bonds is 5. The predicted molar refractivity (Wildman–Crippen MR) is 126 cm³/mol.